The van der Waals surface area contributed by atoms with E-state index in [4.69, 9.17) is 4.99 Å². The lowest BCUT2D eigenvalue weighted by atomic mass is 9.79. The number of hydrogen-bond donors (Lipinski definition) is 1. The minimum absolute atomic E-state index is 0.147. The molecule has 1 spiro atoms. The number of hydrogen-bond acceptors (Lipinski definition) is 4. The van der Waals surface area contributed by atoms with E-state index in [-0.39, 0.29) is 5.91 Å². The van der Waals surface area contributed by atoms with Crippen LogP contribution in [0.25, 0.3) is 0 Å². The lowest BCUT2D eigenvalue weighted by Crippen LogP contribution is -2.47. The van der Waals surface area contributed by atoms with Gasteiger partial charge < -0.3 is 5.32 Å². The van der Waals surface area contributed by atoms with E-state index in [1.54, 1.807) is 11.9 Å². The largest absolute Gasteiger partial charge is 0.312 e. The molecule has 2 heterocycles. The van der Waals surface area contributed by atoms with Crippen molar-refractivity contribution < 1.29 is 4.79 Å². The van der Waals surface area contributed by atoms with Crippen LogP contribution in [0.15, 0.2) is 17.0 Å². The molecule has 1 aliphatic carbocycles. The highest BCUT2D eigenvalue weighted by atomic mass is 32.2. The van der Waals surface area contributed by atoms with Gasteiger partial charge in [0, 0.05) is 19.0 Å². The van der Waals surface area contributed by atoms with Gasteiger partial charge in [-0.2, -0.15) is 0 Å². The first kappa shape index (κ1) is 18.0. The van der Waals surface area contributed by atoms with Gasteiger partial charge in [0.2, 0.25) is 0 Å². The summed E-state index contributed by atoms with van der Waals surface area (Å²) in [5, 5.41) is 5.01. The van der Waals surface area contributed by atoms with Crippen LogP contribution < -0.4 is 5.32 Å². The van der Waals surface area contributed by atoms with E-state index >= 15 is 0 Å². The molecule has 0 bridgehead atoms. The first-order valence-electron chi connectivity index (χ1n) is 9.60. The van der Waals surface area contributed by atoms with E-state index in [1.165, 1.54) is 44.9 Å². The topological polar surface area (TPSA) is 44.7 Å². The number of unbranched alkanes of at least 4 members (excludes halogenated alkanes) is 1. The van der Waals surface area contributed by atoms with Gasteiger partial charge >= 0.3 is 0 Å². The van der Waals surface area contributed by atoms with Gasteiger partial charge in [-0.25, -0.2) is 4.31 Å². The molecule has 5 heteroatoms. The van der Waals surface area contributed by atoms with Gasteiger partial charge in [0.15, 0.2) is 0 Å². The average molecular weight is 350 g/mol. The molecule has 1 N–H and O–H groups in total. The quantitative estimate of drug-likeness (QED) is 0.733. The highest BCUT2D eigenvalue weighted by molar-refractivity contribution is 7.99. The van der Waals surface area contributed by atoms with Crippen LogP contribution in [-0.2, 0) is 4.79 Å². The Hall–Kier alpha value is -0.810. The minimum atomic E-state index is -0.480. The van der Waals surface area contributed by atoms with E-state index in [1.807, 2.05) is 5.41 Å². The second kappa shape index (κ2) is 8.05. The molecule has 3 aliphatic rings. The fourth-order valence-electron chi connectivity index (χ4n) is 4.36. The van der Waals surface area contributed by atoms with Crippen LogP contribution in [0.4, 0.5) is 0 Å². The second-order valence-electron chi connectivity index (χ2n) is 7.54. The molecule has 1 saturated carbocycles. The molecule has 0 unspecified atom stereocenters. The molecule has 0 aromatic heterocycles. The van der Waals surface area contributed by atoms with Gasteiger partial charge in [-0.3, -0.25) is 9.79 Å². The highest BCUT2D eigenvalue weighted by Crippen LogP contribution is 2.37. The van der Waals surface area contributed by atoms with Gasteiger partial charge in [0.05, 0.1) is 0 Å². The molecular formula is C19H31N3OS. The fraction of sp³-hybridized carbons (Fsp3) is 0.789. The molecule has 24 heavy (non-hydrogen) atoms. The first-order chi connectivity index (χ1) is 11.7. The number of amidine groups is 1. The molecular weight excluding hydrogens is 318 g/mol. The lowest BCUT2D eigenvalue weighted by Gasteiger charge is -2.34. The van der Waals surface area contributed by atoms with Crippen LogP contribution in [0.5, 0.6) is 0 Å². The predicted molar refractivity (Wildman–Crippen MR) is 102 cm³/mol. The Morgan fingerprint density at radius 2 is 2.04 bits per heavy atom. The van der Waals surface area contributed by atoms with E-state index in [2.05, 4.69) is 23.1 Å². The van der Waals surface area contributed by atoms with Crippen LogP contribution in [0.1, 0.15) is 64.7 Å². The normalized spacial score (nSPS) is 30.2. The second-order valence-corrected chi connectivity index (χ2v) is 8.60. The fourth-order valence-corrected chi connectivity index (χ4v) is 4.96. The third-order valence-corrected chi connectivity index (χ3v) is 6.78. The Bertz CT molecular complexity index is 489. The Morgan fingerprint density at radius 3 is 2.67 bits per heavy atom. The molecule has 134 valence electrons. The van der Waals surface area contributed by atoms with E-state index in [9.17, 15) is 4.79 Å². The van der Waals surface area contributed by atoms with Crippen molar-refractivity contribution in [2.24, 2.45) is 16.8 Å². The minimum Gasteiger partial charge on any atom is -0.312 e. The number of carbonyl (C=O) groups excluding carboxylic acids is 1. The molecule has 0 radical (unpaired) electrons. The molecule has 0 atom stereocenters. The maximum absolute atomic E-state index is 12.6. The number of nitrogens with one attached hydrogen (secondary N) is 1. The van der Waals surface area contributed by atoms with Gasteiger partial charge in [-0.15, -0.1) is 0 Å². The summed E-state index contributed by atoms with van der Waals surface area (Å²) in [6.07, 6.45) is 10.7. The predicted octanol–water partition coefficient (Wildman–Crippen LogP) is 4.14. The van der Waals surface area contributed by atoms with Crippen molar-refractivity contribution in [3.8, 4) is 0 Å². The van der Waals surface area contributed by atoms with Gasteiger partial charge in [0.25, 0.3) is 5.91 Å². The summed E-state index contributed by atoms with van der Waals surface area (Å²) in [4.78, 5) is 17.6. The molecule has 0 aromatic rings. The maximum Gasteiger partial charge on any atom is 0.253 e. The third-order valence-electron chi connectivity index (χ3n) is 5.97. The molecule has 1 saturated heterocycles. The van der Waals surface area contributed by atoms with E-state index < -0.39 is 5.54 Å². The average Bonchev–Trinajstić information content (AvgIpc) is 2.92. The SMILES string of the molecule is C=CSN1CCC2(CC1)N=C(C1CCC(CCCC)CC1)NC2=O. The van der Waals surface area contributed by atoms with Gasteiger partial charge in [0.1, 0.15) is 11.4 Å². The zero-order valence-electron chi connectivity index (χ0n) is 14.9. The number of carbonyl (C=O) groups is 1. The number of rotatable bonds is 6. The summed E-state index contributed by atoms with van der Waals surface area (Å²) < 4.78 is 2.28. The molecule has 2 fully saturated rings. The standard InChI is InChI=1S/C19H31N3OS/c1-3-5-6-15-7-9-16(10-8-15)17-20-18(23)19(21-17)11-13-22(14-12-19)24-4-2/h4,15-16H,2-3,5-14H2,1H3,(H,20,21,23). The van der Waals surface area contributed by atoms with Crippen LogP contribution in [0.3, 0.4) is 0 Å². The molecule has 3 rings (SSSR count). The summed E-state index contributed by atoms with van der Waals surface area (Å²) in [6, 6.07) is 0. The van der Waals surface area contributed by atoms with Crippen molar-refractivity contribution in [3.63, 3.8) is 0 Å². The monoisotopic (exact) mass is 349 g/mol. The Kier molecular flexibility index (Phi) is 6.03. The first-order valence-corrected chi connectivity index (χ1v) is 10.4. The Labute approximate surface area is 150 Å². The molecule has 1 amide bonds. The summed E-state index contributed by atoms with van der Waals surface area (Å²) in [5.41, 5.74) is -0.480. The molecule has 4 nitrogen and oxygen atoms in total. The van der Waals surface area contributed by atoms with Crippen molar-refractivity contribution in [2.75, 3.05) is 13.1 Å². The van der Waals surface area contributed by atoms with Crippen molar-refractivity contribution in [3.05, 3.63) is 12.0 Å². The van der Waals surface area contributed by atoms with E-state index in [0.717, 1.165) is 37.7 Å². The van der Waals surface area contributed by atoms with Gasteiger partial charge in [-0.05, 0) is 49.9 Å². The number of amides is 1. The molecule has 0 aromatic carbocycles. The van der Waals surface area contributed by atoms with Crippen LogP contribution >= 0.6 is 11.9 Å². The summed E-state index contributed by atoms with van der Waals surface area (Å²) in [5.74, 6) is 2.52. The van der Waals surface area contributed by atoms with Crippen molar-refractivity contribution >= 4 is 23.7 Å². The van der Waals surface area contributed by atoms with Gasteiger partial charge in [-0.1, -0.05) is 44.7 Å². The molecule has 2 aliphatic heterocycles. The Balaban J connectivity index is 1.56. The highest BCUT2D eigenvalue weighted by Gasteiger charge is 2.47. The van der Waals surface area contributed by atoms with Crippen LogP contribution in [0.2, 0.25) is 0 Å². The Morgan fingerprint density at radius 1 is 1.33 bits per heavy atom. The lowest BCUT2D eigenvalue weighted by molar-refractivity contribution is -0.124. The zero-order valence-corrected chi connectivity index (χ0v) is 15.7. The third kappa shape index (κ3) is 3.88. The van der Waals surface area contributed by atoms with Crippen LogP contribution in [-0.4, -0.2) is 34.7 Å². The van der Waals surface area contributed by atoms with Crippen molar-refractivity contribution in [1.29, 1.82) is 0 Å². The van der Waals surface area contributed by atoms with Crippen molar-refractivity contribution in [1.82, 2.24) is 9.62 Å². The summed E-state index contributed by atoms with van der Waals surface area (Å²) in [6.45, 7) is 7.86. The zero-order chi connectivity index (χ0) is 17.0. The smallest absolute Gasteiger partial charge is 0.253 e. The summed E-state index contributed by atoms with van der Waals surface area (Å²) >= 11 is 1.65. The van der Waals surface area contributed by atoms with Crippen LogP contribution in [0, 0.1) is 11.8 Å². The maximum atomic E-state index is 12.6. The summed E-state index contributed by atoms with van der Waals surface area (Å²) in [7, 11) is 0. The number of aliphatic imine (C=N–C) groups is 1. The number of piperidine rings is 1. The number of nitrogens with zero attached hydrogens (tertiary/aromatic N) is 2. The van der Waals surface area contributed by atoms with Crippen molar-refractivity contribution in [2.45, 2.75) is 70.3 Å². The van der Waals surface area contributed by atoms with E-state index in [0.29, 0.717) is 5.92 Å².